The maximum absolute atomic E-state index is 10.3. The van der Waals surface area contributed by atoms with Crippen molar-refractivity contribution in [3.63, 3.8) is 0 Å². The average molecular weight is 211 g/mol. The van der Waals surface area contributed by atoms with Gasteiger partial charge in [-0.3, -0.25) is 4.55 Å². The molecular weight excluding hydrogens is 194 g/mol. The molecule has 0 amide bonds. The van der Waals surface area contributed by atoms with E-state index in [0.29, 0.717) is 19.4 Å². The van der Waals surface area contributed by atoms with Crippen LogP contribution in [0.1, 0.15) is 19.8 Å². The standard InChI is InChI=1S/C7H17NO4S/c1-7(3-5-9)8-4-2-6-13(10,11)12/h7-9H,2-6H2,1H3,(H,10,11,12)/t7-/m1/s1. The smallest absolute Gasteiger partial charge is 0.264 e. The number of hydrogen-bond acceptors (Lipinski definition) is 4. The minimum Gasteiger partial charge on any atom is -0.396 e. The minimum atomic E-state index is -3.82. The highest BCUT2D eigenvalue weighted by atomic mass is 32.2. The molecule has 0 saturated heterocycles. The van der Waals surface area contributed by atoms with Crippen LogP contribution in [0, 0.1) is 0 Å². The van der Waals surface area contributed by atoms with E-state index < -0.39 is 10.1 Å². The van der Waals surface area contributed by atoms with Crippen LogP contribution in [0.4, 0.5) is 0 Å². The Morgan fingerprint density at radius 3 is 2.54 bits per heavy atom. The zero-order valence-corrected chi connectivity index (χ0v) is 8.55. The Hall–Kier alpha value is -0.170. The Morgan fingerprint density at radius 1 is 1.46 bits per heavy atom. The zero-order valence-electron chi connectivity index (χ0n) is 7.73. The van der Waals surface area contributed by atoms with Crippen LogP contribution in [-0.4, -0.2) is 43.0 Å². The molecule has 13 heavy (non-hydrogen) atoms. The Bertz CT molecular complexity index is 215. The van der Waals surface area contributed by atoms with E-state index in [-0.39, 0.29) is 18.4 Å². The van der Waals surface area contributed by atoms with E-state index >= 15 is 0 Å². The van der Waals surface area contributed by atoms with Gasteiger partial charge in [0.15, 0.2) is 0 Å². The van der Waals surface area contributed by atoms with Gasteiger partial charge in [0.1, 0.15) is 0 Å². The lowest BCUT2D eigenvalue weighted by Crippen LogP contribution is -2.28. The molecule has 0 heterocycles. The van der Waals surface area contributed by atoms with Crippen LogP contribution in [-0.2, 0) is 10.1 Å². The molecule has 6 heteroatoms. The predicted molar refractivity (Wildman–Crippen MR) is 50.2 cm³/mol. The molecule has 0 aliphatic rings. The van der Waals surface area contributed by atoms with Crippen molar-refractivity contribution >= 4 is 10.1 Å². The number of aliphatic hydroxyl groups excluding tert-OH is 1. The highest BCUT2D eigenvalue weighted by Crippen LogP contribution is 1.91. The molecule has 0 radical (unpaired) electrons. The highest BCUT2D eigenvalue weighted by molar-refractivity contribution is 7.85. The number of hydrogen-bond donors (Lipinski definition) is 3. The lowest BCUT2D eigenvalue weighted by molar-refractivity contribution is 0.269. The summed E-state index contributed by atoms with van der Waals surface area (Å²) in [4.78, 5) is 0. The normalized spacial score (nSPS) is 14.4. The maximum Gasteiger partial charge on any atom is 0.264 e. The monoisotopic (exact) mass is 211 g/mol. The van der Waals surface area contributed by atoms with E-state index in [1.807, 2.05) is 6.92 Å². The van der Waals surface area contributed by atoms with Crippen LogP contribution in [0.5, 0.6) is 0 Å². The van der Waals surface area contributed by atoms with Crippen molar-refractivity contribution in [2.75, 3.05) is 18.9 Å². The largest absolute Gasteiger partial charge is 0.396 e. The van der Waals surface area contributed by atoms with Crippen molar-refractivity contribution in [2.24, 2.45) is 0 Å². The minimum absolute atomic E-state index is 0.118. The molecule has 0 aromatic rings. The molecular formula is C7H17NO4S. The summed E-state index contributed by atoms with van der Waals surface area (Å²) in [5.41, 5.74) is 0. The molecule has 1 atom stereocenters. The summed E-state index contributed by atoms with van der Waals surface area (Å²) in [5.74, 6) is -0.216. The molecule has 80 valence electrons. The molecule has 5 nitrogen and oxygen atoms in total. The second kappa shape index (κ2) is 6.31. The lowest BCUT2D eigenvalue weighted by Gasteiger charge is -2.11. The Morgan fingerprint density at radius 2 is 2.08 bits per heavy atom. The fraction of sp³-hybridized carbons (Fsp3) is 1.00. The van der Waals surface area contributed by atoms with E-state index in [1.54, 1.807) is 0 Å². The molecule has 0 bridgehead atoms. The summed E-state index contributed by atoms with van der Waals surface area (Å²) in [6.45, 7) is 2.55. The van der Waals surface area contributed by atoms with Gasteiger partial charge in [0.25, 0.3) is 10.1 Å². The summed E-state index contributed by atoms with van der Waals surface area (Å²) in [6, 6.07) is 0.173. The van der Waals surface area contributed by atoms with Gasteiger partial charge in [-0.1, -0.05) is 0 Å². The topological polar surface area (TPSA) is 86.6 Å². The van der Waals surface area contributed by atoms with Gasteiger partial charge in [0.2, 0.25) is 0 Å². The second-order valence-corrected chi connectivity index (χ2v) is 4.58. The number of rotatable bonds is 7. The molecule has 3 N–H and O–H groups in total. The van der Waals surface area contributed by atoms with Gasteiger partial charge in [0, 0.05) is 12.6 Å². The van der Waals surface area contributed by atoms with Crippen molar-refractivity contribution in [1.29, 1.82) is 0 Å². The van der Waals surface area contributed by atoms with Crippen molar-refractivity contribution in [2.45, 2.75) is 25.8 Å². The van der Waals surface area contributed by atoms with Gasteiger partial charge < -0.3 is 10.4 Å². The summed E-state index contributed by atoms with van der Waals surface area (Å²) in [6.07, 6.45) is 1.03. The fourth-order valence-electron chi connectivity index (χ4n) is 0.899. The molecule has 0 aliphatic carbocycles. The third kappa shape index (κ3) is 9.75. The average Bonchev–Trinajstić information content (AvgIpc) is 1.97. The molecule has 0 aromatic carbocycles. The Kier molecular flexibility index (Phi) is 6.23. The van der Waals surface area contributed by atoms with Gasteiger partial charge in [-0.05, 0) is 26.3 Å². The first kappa shape index (κ1) is 12.8. The van der Waals surface area contributed by atoms with Gasteiger partial charge in [-0.2, -0.15) is 8.42 Å². The van der Waals surface area contributed by atoms with Crippen molar-refractivity contribution in [3.8, 4) is 0 Å². The first-order chi connectivity index (χ1) is 5.95. The fourth-order valence-corrected chi connectivity index (χ4v) is 1.41. The third-order valence-electron chi connectivity index (χ3n) is 1.63. The van der Waals surface area contributed by atoms with Crippen molar-refractivity contribution < 1.29 is 18.1 Å². The lowest BCUT2D eigenvalue weighted by atomic mass is 10.2. The summed E-state index contributed by atoms with van der Waals surface area (Å²) < 4.78 is 29.0. The van der Waals surface area contributed by atoms with Crippen LogP contribution in [0.15, 0.2) is 0 Å². The van der Waals surface area contributed by atoms with Crippen LogP contribution in [0.3, 0.4) is 0 Å². The molecule has 0 unspecified atom stereocenters. The van der Waals surface area contributed by atoms with E-state index in [4.69, 9.17) is 9.66 Å². The number of nitrogens with one attached hydrogen (secondary N) is 1. The predicted octanol–water partition coefficient (Wildman–Crippen LogP) is -0.375. The van der Waals surface area contributed by atoms with Gasteiger partial charge >= 0.3 is 0 Å². The maximum atomic E-state index is 10.3. The van der Waals surface area contributed by atoms with E-state index in [1.165, 1.54) is 0 Å². The quantitative estimate of drug-likeness (QED) is 0.395. The van der Waals surface area contributed by atoms with E-state index in [9.17, 15) is 8.42 Å². The van der Waals surface area contributed by atoms with Crippen LogP contribution < -0.4 is 5.32 Å². The molecule has 0 fully saturated rings. The second-order valence-electron chi connectivity index (χ2n) is 3.01. The molecule has 0 saturated carbocycles. The van der Waals surface area contributed by atoms with Crippen LogP contribution in [0.25, 0.3) is 0 Å². The number of aliphatic hydroxyl groups is 1. The summed E-state index contributed by atoms with van der Waals surface area (Å²) >= 11 is 0. The Balaban J connectivity index is 3.36. The molecule has 0 spiro atoms. The van der Waals surface area contributed by atoms with Crippen LogP contribution >= 0.6 is 0 Å². The first-order valence-corrected chi connectivity index (χ1v) is 5.86. The first-order valence-electron chi connectivity index (χ1n) is 4.25. The molecule has 0 aromatic heterocycles. The van der Waals surface area contributed by atoms with E-state index in [2.05, 4.69) is 5.32 Å². The Labute approximate surface area is 78.9 Å². The summed E-state index contributed by atoms with van der Waals surface area (Å²) in [7, 11) is -3.82. The van der Waals surface area contributed by atoms with Gasteiger partial charge in [-0.15, -0.1) is 0 Å². The zero-order chi connectivity index (χ0) is 10.3. The molecule has 0 rings (SSSR count). The van der Waals surface area contributed by atoms with E-state index in [0.717, 1.165) is 0 Å². The summed E-state index contributed by atoms with van der Waals surface area (Å²) in [5, 5.41) is 11.6. The van der Waals surface area contributed by atoms with Crippen molar-refractivity contribution in [1.82, 2.24) is 5.32 Å². The van der Waals surface area contributed by atoms with Gasteiger partial charge in [-0.25, -0.2) is 0 Å². The van der Waals surface area contributed by atoms with Crippen molar-refractivity contribution in [3.05, 3.63) is 0 Å². The van der Waals surface area contributed by atoms with Gasteiger partial charge in [0.05, 0.1) is 5.75 Å². The van der Waals surface area contributed by atoms with Crippen LogP contribution in [0.2, 0.25) is 0 Å². The SMILES string of the molecule is C[C@H](CCO)NCCCS(=O)(=O)O. The highest BCUT2D eigenvalue weighted by Gasteiger charge is 2.04. The third-order valence-corrected chi connectivity index (χ3v) is 2.44. The molecule has 0 aliphatic heterocycles.